The zero-order chi connectivity index (χ0) is 22.6. The summed E-state index contributed by atoms with van der Waals surface area (Å²) in [5.41, 5.74) is 1.33. The number of hydrogen-bond acceptors (Lipinski definition) is 4. The van der Waals surface area contributed by atoms with E-state index in [9.17, 15) is 13.2 Å². The van der Waals surface area contributed by atoms with Crippen LogP contribution in [0.1, 0.15) is 36.9 Å². The molecular formula is C22H26Cl2N2O4S. The van der Waals surface area contributed by atoms with Gasteiger partial charge in [0.1, 0.15) is 5.75 Å². The van der Waals surface area contributed by atoms with Crippen LogP contribution in [0.25, 0.3) is 0 Å². The molecule has 0 aliphatic carbocycles. The molecular weight excluding hydrogens is 459 g/mol. The van der Waals surface area contributed by atoms with E-state index < -0.39 is 15.9 Å². The van der Waals surface area contributed by atoms with Gasteiger partial charge in [0.15, 0.2) is 0 Å². The van der Waals surface area contributed by atoms with Crippen molar-refractivity contribution in [2.24, 2.45) is 5.92 Å². The largest absolute Gasteiger partial charge is 0.497 e. The van der Waals surface area contributed by atoms with Gasteiger partial charge in [-0.2, -0.15) is 0 Å². The minimum Gasteiger partial charge on any atom is -0.497 e. The third-order valence-corrected chi connectivity index (χ3v) is 7.99. The number of rotatable bonds is 7. The van der Waals surface area contributed by atoms with Crippen LogP contribution in [0, 0.1) is 5.92 Å². The summed E-state index contributed by atoms with van der Waals surface area (Å²) in [6.07, 6.45) is 1.25. The lowest BCUT2D eigenvalue weighted by atomic mass is 9.98. The van der Waals surface area contributed by atoms with E-state index in [2.05, 4.69) is 5.32 Å². The van der Waals surface area contributed by atoms with Gasteiger partial charge in [0.05, 0.1) is 24.8 Å². The Morgan fingerprint density at radius 2 is 1.84 bits per heavy atom. The van der Waals surface area contributed by atoms with Crippen LogP contribution in [0.4, 0.5) is 0 Å². The van der Waals surface area contributed by atoms with Crippen LogP contribution in [-0.4, -0.2) is 38.8 Å². The molecule has 2 aromatic carbocycles. The van der Waals surface area contributed by atoms with Gasteiger partial charge in [-0.1, -0.05) is 41.4 Å². The van der Waals surface area contributed by atoms with Crippen molar-refractivity contribution < 1.29 is 17.9 Å². The predicted molar refractivity (Wildman–Crippen MR) is 123 cm³/mol. The summed E-state index contributed by atoms with van der Waals surface area (Å²) in [6, 6.07) is 12.2. The fraction of sp³-hybridized carbons (Fsp3) is 0.409. The monoisotopic (exact) mass is 484 g/mol. The highest BCUT2D eigenvalue weighted by Crippen LogP contribution is 2.29. The van der Waals surface area contributed by atoms with E-state index in [-0.39, 0.29) is 24.2 Å². The van der Waals surface area contributed by atoms with Gasteiger partial charge in [-0.3, -0.25) is 4.79 Å². The average molecular weight is 485 g/mol. The number of amides is 1. The van der Waals surface area contributed by atoms with Crippen molar-refractivity contribution in [3.8, 4) is 5.75 Å². The fourth-order valence-corrected chi connectivity index (χ4v) is 6.02. The van der Waals surface area contributed by atoms with Gasteiger partial charge in [-0.05, 0) is 49.6 Å². The Balaban J connectivity index is 1.65. The van der Waals surface area contributed by atoms with Crippen molar-refractivity contribution in [2.45, 2.75) is 31.6 Å². The van der Waals surface area contributed by atoms with Gasteiger partial charge >= 0.3 is 0 Å². The van der Waals surface area contributed by atoms with E-state index in [0.29, 0.717) is 35.0 Å². The molecule has 0 saturated carbocycles. The zero-order valence-electron chi connectivity index (χ0n) is 17.5. The fourth-order valence-electron chi connectivity index (χ4n) is 3.66. The van der Waals surface area contributed by atoms with Crippen LogP contribution in [0.5, 0.6) is 5.75 Å². The van der Waals surface area contributed by atoms with E-state index in [0.717, 1.165) is 11.3 Å². The average Bonchev–Trinajstić information content (AvgIpc) is 2.76. The Labute approximate surface area is 193 Å². The second kappa shape index (κ2) is 10.2. The normalized spacial score (nSPS) is 18.4. The Morgan fingerprint density at radius 1 is 1.19 bits per heavy atom. The molecule has 1 fully saturated rings. The highest BCUT2D eigenvalue weighted by molar-refractivity contribution is 7.88. The SMILES string of the molecule is COc1ccc([C@H](C)NC(=O)[C@H]2CCCN(S(=O)(=O)Cc3c(Cl)cccc3Cl)C2)cc1. The molecule has 2 aromatic rings. The quantitative estimate of drug-likeness (QED) is 0.630. The third-order valence-electron chi connectivity index (χ3n) is 5.51. The number of piperidine rings is 1. The van der Waals surface area contributed by atoms with E-state index >= 15 is 0 Å². The summed E-state index contributed by atoms with van der Waals surface area (Å²) >= 11 is 12.3. The first-order valence-electron chi connectivity index (χ1n) is 10.1. The molecule has 0 bridgehead atoms. The summed E-state index contributed by atoms with van der Waals surface area (Å²) in [6.45, 7) is 2.42. The molecule has 1 amide bonds. The van der Waals surface area contributed by atoms with E-state index in [1.807, 2.05) is 31.2 Å². The summed E-state index contributed by atoms with van der Waals surface area (Å²) < 4.78 is 32.5. The van der Waals surface area contributed by atoms with Gasteiger partial charge in [0.2, 0.25) is 15.9 Å². The number of methoxy groups -OCH3 is 1. The first-order valence-corrected chi connectivity index (χ1v) is 12.4. The lowest BCUT2D eigenvalue weighted by molar-refractivity contribution is -0.126. The Bertz CT molecular complexity index is 1010. The first-order chi connectivity index (χ1) is 14.7. The van der Waals surface area contributed by atoms with Crippen LogP contribution in [-0.2, 0) is 20.6 Å². The van der Waals surface area contributed by atoms with E-state index in [4.69, 9.17) is 27.9 Å². The molecule has 2 atom stereocenters. The number of nitrogens with one attached hydrogen (secondary N) is 1. The second-order valence-electron chi connectivity index (χ2n) is 7.66. The lowest BCUT2D eigenvalue weighted by Gasteiger charge is -2.32. The van der Waals surface area contributed by atoms with Crippen LogP contribution >= 0.6 is 23.2 Å². The van der Waals surface area contributed by atoms with Crippen LogP contribution in [0.3, 0.4) is 0 Å². The molecule has 0 aromatic heterocycles. The van der Waals surface area contributed by atoms with Crippen molar-refractivity contribution in [3.05, 3.63) is 63.6 Å². The third kappa shape index (κ3) is 5.92. The summed E-state index contributed by atoms with van der Waals surface area (Å²) in [7, 11) is -2.07. The highest BCUT2D eigenvalue weighted by Gasteiger charge is 2.33. The molecule has 0 radical (unpaired) electrons. The molecule has 1 aliphatic rings. The standard InChI is InChI=1S/C22H26Cl2N2O4S/c1-15(16-8-10-18(30-2)11-9-16)25-22(27)17-5-4-12-26(13-17)31(28,29)14-19-20(23)6-3-7-21(19)24/h3,6-11,15,17H,4-5,12-14H2,1-2H3,(H,25,27)/t15-,17-/m0/s1. The Kier molecular flexibility index (Phi) is 7.86. The summed E-state index contributed by atoms with van der Waals surface area (Å²) in [5, 5.41) is 3.63. The maximum Gasteiger partial charge on any atom is 0.224 e. The van der Waals surface area contributed by atoms with Crippen LogP contribution < -0.4 is 10.1 Å². The first kappa shape index (κ1) is 23.9. The molecule has 168 valence electrons. The van der Waals surface area contributed by atoms with Crippen molar-refractivity contribution in [1.82, 2.24) is 9.62 Å². The summed E-state index contributed by atoms with van der Waals surface area (Å²) in [4.78, 5) is 12.8. The maximum atomic E-state index is 13.0. The number of ether oxygens (including phenoxy) is 1. The molecule has 3 rings (SSSR count). The molecule has 6 nitrogen and oxygen atoms in total. The number of hydrogen-bond donors (Lipinski definition) is 1. The summed E-state index contributed by atoms with van der Waals surface area (Å²) in [5.74, 6) is -0.110. The van der Waals surface area contributed by atoms with Crippen LogP contribution in [0.15, 0.2) is 42.5 Å². The molecule has 1 aliphatic heterocycles. The van der Waals surface area contributed by atoms with Crippen molar-refractivity contribution >= 4 is 39.1 Å². The maximum absolute atomic E-state index is 13.0. The van der Waals surface area contributed by atoms with Crippen molar-refractivity contribution in [1.29, 1.82) is 0 Å². The molecule has 1 saturated heterocycles. The second-order valence-corrected chi connectivity index (χ2v) is 10.4. The van der Waals surface area contributed by atoms with Gasteiger partial charge in [0, 0.05) is 28.7 Å². The Morgan fingerprint density at radius 3 is 2.45 bits per heavy atom. The highest BCUT2D eigenvalue weighted by atomic mass is 35.5. The van der Waals surface area contributed by atoms with Gasteiger partial charge in [-0.25, -0.2) is 12.7 Å². The smallest absolute Gasteiger partial charge is 0.224 e. The van der Waals surface area contributed by atoms with E-state index in [1.165, 1.54) is 4.31 Å². The topological polar surface area (TPSA) is 75.7 Å². The molecule has 1 N–H and O–H groups in total. The number of carbonyl (C=O) groups is 1. The zero-order valence-corrected chi connectivity index (χ0v) is 19.8. The number of carbonyl (C=O) groups excluding carboxylic acids is 1. The van der Waals surface area contributed by atoms with Crippen molar-refractivity contribution in [3.63, 3.8) is 0 Å². The van der Waals surface area contributed by atoms with Crippen LogP contribution in [0.2, 0.25) is 10.0 Å². The minimum atomic E-state index is -3.67. The molecule has 0 unspecified atom stereocenters. The predicted octanol–water partition coefficient (Wildman–Crippen LogP) is 4.42. The van der Waals surface area contributed by atoms with Gasteiger partial charge in [-0.15, -0.1) is 0 Å². The lowest BCUT2D eigenvalue weighted by Crippen LogP contribution is -2.46. The van der Waals surface area contributed by atoms with Gasteiger partial charge in [0.25, 0.3) is 0 Å². The van der Waals surface area contributed by atoms with Crippen molar-refractivity contribution in [2.75, 3.05) is 20.2 Å². The Hall–Kier alpha value is -1.80. The molecule has 31 heavy (non-hydrogen) atoms. The molecule has 1 heterocycles. The number of sulfonamides is 1. The molecule has 0 spiro atoms. The number of halogens is 2. The molecule has 9 heteroatoms. The van der Waals surface area contributed by atoms with E-state index in [1.54, 1.807) is 25.3 Å². The minimum absolute atomic E-state index is 0.144. The number of benzene rings is 2. The van der Waals surface area contributed by atoms with Gasteiger partial charge < -0.3 is 10.1 Å². The number of nitrogens with zero attached hydrogens (tertiary/aromatic N) is 1.